The molecule has 4 aliphatic carbocycles. The van der Waals surface area contributed by atoms with E-state index in [1.165, 1.54) is 19.3 Å². The maximum atomic E-state index is 13.6. The number of benzene rings is 1. The van der Waals surface area contributed by atoms with E-state index in [0.29, 0.717) is 37.1 Å². The van der Waals surface area contributed by atoms with Crippen molar-refractivity contribution in [3.8, 4) is 6.07 Å². The molecule has 178 valence electrons. The van der Waals surface area contributed by atoms with Gasteiger partial charge in [0.05, 0.1) is 23.0 Å². The SMILES string of the molecule is N#CC1CCCN1C(=O)C(N)Cc1cn(NC(=O)C23CC4CC(CC(C4)C2)C3)c2ccccc12. The van der Waals surface area contributed by atoms with Crippen LogP contribution in [-0.2, 0) is 16.0 Å². The van der Waals surface area contributed by atoms with Crippen LogP contribution in [0.25, 0.3) is 10.9 Å². The van der Waals surface area contributed by atoms with Gasteiger partial charge in [0.25, 0.3) is 0 Å². The number of nitrogens with zero attached hydrogens (tertiary/aromatic N) is 3. The quantitative estimate of drug-likeness (QED) is 0.716. The van der Waals surface area contributed by atoms with Gasteiger partial charge in [-0.25, -0.2) is 0 Å². The molecule has 0 spiro atoms. The lowest BCUT2D eigenvalue weighted by molar-refractivity contribution is -0.141. The van der Waals surface area contributed by atoms with Crippen LogP contribution in [0.2, 0.25) is 0 Å². The molecule has 5 aliphatic rings. The highest BCUT2D eigenvalue weighted by Crippen LogP contribution is 2.60. The van der Waals surface area contributed by atoms with Gasteiger partial charge in [0.15, 0.2) is 0 Å². The third kappa shape index (κ3) is 3.51. The first-order chi connectivity index (χ1) is 16.5. The zero-order valence-corrected chi connectivity index (χ0v) is 19.6. The monoisotopic (exact) mass is 459 g/mol. The smallest absolute Gasteiger partial charge is 0.245 e. The fraction of sp³-hybridized carbons (Fsp3) is 0.593. The third-order valence-corrected chi connectivity index (χ3v) is 8.98. The number of nitrogens with two attached hydrogens (primary N) is 1. The van der Waals surface area contributed by atoms with Crippen molar-refractivity contribution in [3.05, 3.63) is 36.0 Å². The van der Waals surface area contributed by atoms with E-state index in [9.17, 15) is 14.9 Å². The molecule has 1 aromatic carbocycles. The minimum atomic E-state index is -0.716. The van der Waals surface area contributed by atoms with Crippen molar-refractivity contribution in [1.29, 1.82) is 5.26 Å². The fourth-order valence-corrected chi connectivity index (χ4v) is 7.82. The summed E-state index contributed by atoms with van der Waals surface area (Å²) in [5, 5.41) is 10.3. The molecule has 2 unspecified atom stereocenters. The first-order valence-electron chi connectivity index (χ1n) is 12.8. The van der Waals surface area contributed by atoms with Gasteiger partial charge in [-0.3, -0.25) is 19.7 Å². The molecule has 2 aromatic rings. The molecule has 0 radical (unpaired) electrons. The van der Waals surface area contributed by atoms with E-state index in [4.69, 9.17) is 5.73 Å². The highest BCUT2D eigenvalue weighted by atomic mass is 16.2. The second-order valence-corrected chi connectivity index (χ2v) is 11.3. The van der Waals surface area contributed by atoms with Gasteiger partial charge >= 0.3 is 0 Å². The predicted molar refractivity (Wildman–Crippen MR) is 129 cm³/mol. The number of hydrogen-bond acceptors (Lipinski definition) is 4. The van der Waals surface area contributed by atoms with Gasteiger partial charge in [-0.15, -0.1) is 0 Å². The van der Waals surface area contributed by atoms with Crippen LogP contribution in [0.3, 0.4) is 0 Å². The molecule has 4 saturated carbocycles. The van der Waals surface area contributed by atoms with Crippen LogP contribution in [0.1, 0.15) is 56.9 Å². The average Bonchev–Trinajstić information content (AvgIpc) is 3.43. The highest BCUT2D eigenvalue weighted by molar-refractivity contribution is 5.93. The van der Waals surface area contributed by atoms with Crippen molar-refractivity contribution in [3.63, 3.8) is 0 Å². The lowest BCUT2D eigenvalue weighted by atomic mass is 9.49. The summed E-state index contributed by atoms with van der Waals surface area (Å²) in [6.07, 6.45) is 10.8. The summed E-state index contributed by atoms with van der Waals surface area (Å²) < 4.78 is 1.84. The molecule has 2 heterocycles. The number of para-hydroxylation sites is 1. The van der Waals surface area contributed by atoms with Crippen LogP contribution in [0.4, 0.5) is 0 Å². The standard InChI is InChI=1S/C27H33N5O2/c28-15-21-4-3-7-31(21)25(33)23(29)11-20-16-32(24-6-2-1-5-22(20)24)30-26(34)27-12-17-8-18(13-27)10-19(9-17)14-27/h1-2,5-6,16-19,21,23H,3-4,7-14,29H2,(H,30,34). The molecule has 1 aliphatic heterocycles. The van der Waals surface area contributed by atoms with Crippen molar-refractivity contribution in [2.75, 3.05) is 12.0 Å². The van der Waals surface area contributed by atoms with Gasteiger partial charge in [-0.1, -0.05) is 18.2 Å². The third-order valence-electron chi connectivity index (χ3n) is 8.98. The van der Waals surface area contributed by atoms with E-state index in [1.54, 1.807) is 4.90 Å². The number of fused-ring (bicyclic) bond motifs is 1. The Balaban J connectivity index is 1.23. The summed E-state index contributed by atoms with van der Waals surface area (Å²) in [7, 11) is 0. The zero-order chi connectivity index (χ0) is 23.4. The van der Waals surface area contributed by atoms with Crippen LogP contribution in [0.15, 0.2) is 30.5 Å². The molecule has 7 nitrogen and oxygen atoms in total. The number of carbonyl (C=O) groups is 2. The van der Waals surface area contributed by atoms with E-state index in [1.807, 2.05) is 35.1 Å². The van der Waals surface area contributed by atoms with Crippen LogP contribution < -0.4 is 11.2 Å². The summed E-state index contributed by atoms with van der Waals surface area (Å²) in [5.41, 5.74) is 11.2. The fourth-order valence-electron chi connectivity index (χ4n) is 7.82. The zero-order valence-electron chi connectivity index (χ0n) is 19.6. The van der Waals surface area contributed by atoms with Crippen molar-refractivity contribution >= 4 is 22.7 Å². The Hall–Kier alpha value is -2.85. The Labute approximate surface area is 200 Å². The van der Waals surface area contributed by atoms with Gasteiger partial charge in [-0.05, 0) is 87.2 Å². The number of hydrogen-bond donors (Lipinski definition) is 2. The molecule has 7 rings (SSSR count). The first kappa shape index (κ1) is 21.7. The molecular formula is C27H33N5O2. The van der Waals surface area contributed by atoms with Gasteiger partial charge in [-0.2, -0.15) is 5.26 Å². The summed E-state index contributed by atoms with van der Waals surface area (Å²) >= 11 is 0. The molecule has 1 saturated heterocycles. The van der Waals surface area contributed by atoms with Crippen molar-refractivity contribution < 1.29 is 9.59 Å². The lowest BCUT2D eigenvalue weighted by Crippen LogP contribution is -2.52. The van der Waals surface area contributed by atoms with Gasteiger partial charge in [0.1, 0.15) is 6.04 Å². The van der Waals surface area contributed by atoms with E-state index in [0.717, 1.165) is 42.1 Å². The maximum Gasteiger partial charge on any atom is 0.245 e. The summed E-state index contributed by atoms with van der Waals surface area (Å²) in [6.45, 7) is 0.591. The number of aromatic nitrogens is 1. The Morgan fingerprint density at radius 2 is 1.82 bits per heavy atom. The lowest BCUT2D eigenvalue weighted by Gasteiger charge is -2.55. The largest absolute Gasteiger partial charge is 0.325 e. The van der Waals surface area contributed by atoms with Gasteiger partial charge in [0, 0.05) is 18.1 Å². The maximum absolute atomic E-state index is 13.6. The molecule has 2 amide bonds. The van der Waals surface area contributed by atoms with Gasteiger partial charge < -0.3 is 10.6 Å². The Bertz CT molecular complexity index is 1140. The van der Waals surface area contributed by atoms with Crippen molar-refractivity contribution in [1.82, 2.24) is 9.58 Å². The Morgan fingerprint density at radius 1 is 1.15 bits per heavy atom. The minimum Gasteiger partial charge on any atom is -0.325 e. The van der Waals surface area contributed by atoms with E-state index in [-0.39, 0.29) is 23.3 Å². The van der Waals surface area contributed by atoms with E-state index >= 15 is 0 Å². The number of carbonyl (C=O) groups excluding carboxylic acids is 2. The molecule has 5 fully saturated rings. The molecule has 7 heteroatoms. The predicted octanol–water partition coefficient (Wildman–Crippen LogP) is 3.31. The van der Waals surface area contributed by atoms with Crippen LogP contribution in [0, 0.1) is 34.5 Å². The second-order valence-electron chi connectivity index (χ2n) is 11.3. The van der Waals surface area contributed by atoms with Crippen molar-refractivity contribution in [2.45, 2.75) is 69.9 Å². The number of nitrogens with one attached hydrogen (secondary N) is 1. The number of nitriles is 1. The average molecular weight is 460 g/mol. The molecule has 4 bridgehead atoms. The molecule has 3 N–H and O–H groups in total. The first-order valence-corrected chi connectivity index (χ1v) is 12.8. The van der Waals surface area contributed by atoms with Gasteiger partial charge in [0.2, 0.25) is 11.8 Å². The topological polar surface area (TPSA) is 104 Å². The van der Waals surface area contributed by atoms with Crippen molar-refractivity contribution in [2.24, 2.45) is 28.9 Å². The molecule has 2 atom stereocenters. The Morgan fingerprint density at radius 3 is 2.50 bits per heavy atom. The number of rotatable bonds is 5. The van der Waals surface area contributed by atoms with E-state index in [2.05, 4.69) is 11.5 Å². The highest BCUT2D eigenvalue weighted by Gasteiger charge is 2.54. The Kier molecular flexibility index (Phi) is 5.18. The number of amides is 2. The molecular weight excluding hydrogens is 426 g/mol. The van der Waals surface area contributed by atoms with Crippen LogP contribution in [0.5, 0.6) is 0 Å². The van der Waals surface area contributed by atoms with E-state index < -0.39 is 6.04 Å². The van der Waals surface area contributed by atoms with Crippen LogP contribution >= 0.6 is 0 Å². The number of likely N-dealkylation sites (tertiary alicyclic amines) is 1. The summed E-state index contributed by atoms with van der Waals surface area (Å²) in [4.78, 5) is 28.2. The summed E-state index contributed by atoms with van der Waals surface area (Å²) in [5.74, 6) is 2.11. The molecule has 1 aromatic heterocycles. The minimum absolute atomic E-state index is 0.146. The summed E-state index contributed by atoms with van der Waals surface area (Å²) in [6, 6.07) is 9.08. The second kappa shape index (κ2) is 8.13. The molecule has 34 heavy (non-hydrogen) atoms. The normalized spacial score (nSPS) is 32.6. The van der Waals surface area contributed by atoms with Crippen LogP contribution in [-0.4, -0.2) is 40.0 Å².